The molecule has 2 atom stereocenters. The molecule has 2 nitrogen and oxygen atoms in total. The lowest BCUT2D eigenvalue weighted by molar-refractivity contribution is 0.442. The zero-order valence-corrected chi connectivity index (χ0v) is 12.3. The molecule has 0 bridgehead atoms. The molecule has 0 aromatic rings. The maximum atomic E-state index is 12.2. The normalized spacial score (nSPS) is 17.4. The summed E-state index contributed by atoms with van der Waals surface area (Å²) in [6.45, 7) is 8.42. The fraction of sp³-hybridized carbons (Fsp3) is 1.00. The van der Waals surface area contributed by atoms with Crippen LogP contribution in [0.3, 0.4) is 0 Å². The summed E-state index contributed by atoms with van der Waals surface area (Å²) >= 11 is 0. The monoisotopic (exact) mass is 248 g/mol. The van der Waals surface area contributed by atoms with Gasteiger partial charge in [-0.2, -0.15) is 0 Å². The molecule has 0 spiro atoms. The lowest BCUT2D eigenvalue weighted by Gasteiger charge is -2.22. The molecule has 0 saturated carbocycles. The number of rotatable bonds is 9. The minimum Gasteiger partial charge on any atom is -0.344 e. The Labute approximate surface area is 101 Å². The van der Waals surface area contributed by atoms with Crippen molar-refractivity contribution in [3.8, 4) is 0 Å². The Hall–Kier alpha value is 0.190. The second-order valence-electron chi connectivity index (χ2n) is 5.22. The molecular formula is C13H29O2P. The van der Waals surface area contributed by atoms with E-state index in [4.69, 9.17) is 0 Å². The Morgan fingerprint density at radius 1 is 1.12 bits per heavy atom. The van der Waals surface area contributed by atoms with Crippen LogP contribution >= 0.6 is 7.37 Å². The van der Waals surface area contributed by atoms with E-state index in [2.05, 4.69) is 20.8 Å². The van der Waals surface area contributed by atoms with Gasteiger partial charge in [0.25, 0.3) is 0 Å². The summed E-state index contributed by atoms with van der Waals surface area (Å²) in [6, 6.07) is 0. The zero-order valence-electron chi connectivity index (χ0n) is 11.4. The van der Waals surface area contributed by atoms with Gasteiger partial charge in [-0.15, -0.1) is 0 Å². The molecule has 0 radical (unpaired) electrons. The minimum absolute atomic E-state index is 0.0396. The molecule has 0 aliphatic heterocycles. The molecule has 98 valence electrons. The maximum Gasteiger partial charge on any atom is 0.203 e. The number of hydrogen-bond donors (Lipinski definition) is 1. The van der Waals surface area contributed by atoms with Gasteiger partial charge in [0.05, 0.1) is 0 Å². The minimum atomic E-state index is -2.90. The highest BCUT2D eigenvalue weighted by molar-refractivity contribution is 7.58. The Morgan fingerprint density at radius 2 is 1.75 bits per heavy atom. The topological polar surface area (TPSA) is 37.3 Å². The molecule has 0 heterocycles. The maximum absolute atomic E-state index is 12.2. The summed E-state index contributed by atoms with van der Waals surface area (Å²) in [4.78, 5) is 10.1. The van der Waals surface area contributed by atoms with E-state index in [1.165, 1.54) is 12.8 Å². The van der Waals surface area contributed by atoms with E-state index in [1.807, 2.05) is 6.92 Å². The summed E-state index contributed by atoms with van der Waals surface area (Å²) in [5.74, 6) is 0.522. The van der Waals surface area contributed by atoms with Gasteiger partial charge in [-0.1, -0.05) is 47.0 Å². The Balaban J connectivity index is 4.14. The van der Waals surface area contributed by atoms with Gasteiger partial charge in [-0.05, 0) is 25.2 Å². The highest BCUT2D eigenvalue weighted by Crippen LogP contribution is 2.50. The molecule has 16 heavy (non-hydrogen) atoms. The van der Waals surface area contributed by atoms with Crippen LogP contribution in [0.2, 0.25) is 0 Å². The second-order valence-corrected chi connectivity index (χ2v) is 7.91. The van der Waals surface area contributed by atoms with Crippen molar-refractivity contribution < 1.29 is 9.46 Å². The third-order valence-corrected chi connectivity index (χ3v) is 5.87. The number of hydrogen-bond acceptors (Lipinski definition) is 1. The second kappa shape index (κ2) is 8.31. The van der Waals surface area contributed by atoms with Gasteiger partial charge in [0.1, 0.15) is 0 Å². The molecule has 0 aromatic heterocycles. The molecule has 3 heteroatoms. The largest absolute Gasteiger partial charge is 0.344 e. The van der Waals surface area contributed by atoms with Crippen LogP contribution in [0, 0.1) is 5.92 Å². The van der Waals surface area contributed by atoms with Crippen LogP contribution in [0.25, 0.3) is 0 Å². The first kappa shape index (κ1) is 16.2. The summed E-state index contributed by atoms with van der Waals surface area (Å²) in [5, 5.41) is 0. The lowest BCUT2D eigenvalue weighted by atomic mass is 10.1. The standard InChI is InChI=1S/C13H29O2P/c1-5-7-8-9-13(6-2)16(14,15)11-10-12(3)4/h12-13H,5-11H2,1-4H3,(H,14,15). The Morgan fingerprint density at radius 3 is 2.19 bits per heavy atom. The smallest absolute Gasteiger partial charge is 0.203 e. The van der Waals surface area contributed by atoms with Crippen molar-refractivity contribution in [1.82, 2.24) is 0 Å². The lowest BCUT2D eigenvalue weighted by Crippen LogP contribution is -2.11. The predicted octanol–water partition coefficient (Wildman–Crippen LogP) is 4.66. The average Bonchev–Trinajstić information content (AvgIpc) is 2.21. The molecule has 0 aromatic carbocycles. The van der Waals surface area contributed by atoms with Crippen molar-refractivity contribution in [1.29, 1.82) is 0 Å². The van der Waals surface area contributed by atoms with E-state index in [0.717, 1.165) is 25.7 Å². The molecule has 0 amide bonds. The van der Waals surface area contributed by atoms with Gasteiger partial charge in [0.2, 0.25) is 7.37 Å². The van der Waals surface area contributed by atoms with Crippen LogP contribution < -0.4 is 0 Å². The van der Waals surface area contributed by atoms with Crippen LogP contribution in [0.5, 0.6) is 0 Å². The van der Waals surface area contributed by atoms with Crippen molar-refractivity contribution in [2.24, 2.45) is 5.92 Å². The van der Waals surface area contributed by atoms with Crippen molar-refractivity contribution in [2.75, 3.05) is 6.16 Å². The van der Waals surface area contributed by atoms with Gasteiger partial charge >= 0.3 is 0 Å². The first-order valence-corrected chi connectivity index (χ1v) is 8.66. The van der Waals surface area contributed by atoms with E-state index in [9.17, 15) is 9.46 Å². The molecular weight excluding hydrogens is 219 g/mol. The third-order valence-electron chi connectivity index (χ3n) is 3.21. The molecule has 0 saturated heterocycles. The molecule has 1 N–H and O–H groups in total. The van der Waals surface area contributed by atoms with Crippen LogP contribution in [-0.4, -0.2) is 16.7 Å². The summed E-state index contributed by atoms with van der Waals surface area (Å²) < 4.78 is 12.2. The quantitative estimate of drug-likeness (QED) is 0.476. The van der Waals surface area contributed by atoms with E-state index in [-0.39, 0.29) is 5.66 Å². The van der Waals surface area contributed by atoms with E-state index < -0.39 is 7.37 Å². The Kier molecular flexibility index (Phi) is 8.40. The van der Waals surface area contributed by atoms with Gasteiger partial charge in [0.15, 0.2) is 0 Å². The highest BCUT2D eigenvalue weighted by atomic mass is 31.2. The van der Waals surface area contributed by atoms with E-state index in [0.29, 0.717) is 12.1 Å². The van der Waals surface area contributed by atoms with Crippen LogP contribution in [0.1, 0.15) is 66.2 Å². The summed E-state index contributed by atoms with van der Waals surface area (Å²) in [7, 11) is -2.90. The molecule has 0 fully saturated rings. The first-order valence-electron chi connectivity index (χ1n) is 6.75. The van der Waals surface area contributed by atoms with Gasteiger partial charge in [0, 0.05) is 11.8 Å². The van der Waals surface area contributed by atoms with E-state index in [1.54, 1.807) is 0 Å². The van der Waals surface area contributed by atoms with Gasteiger partial charge < -0.3 is 4.89 Å². The summed E-state index contributed by atoms with van der Waals surface area (Å²) in [6.07, 6.45) is 6.61. The fourth-order valence-electron chi connectivity index (χ4n) is 1.95. The third kappa shape index (κ3) is 6.70. The van der Waals surface area contributed by atoms with Crippen LogP contribution in [0.15, 0.2) is 0 Å². The molecule has 2 unspecified atom stereocenters. The Bertz CT molecular complexity index is 214. The molecule has 0 rings (SSSR count). The fourth-order valence-corrected chi connectivity index (χ4v) is 4.35. The zero-order chi connectivity index (χ0) is 12.6. The van der Waals surface area contributed by atoms with Crippen molar-refractivity contribution >= 4 is 7.37 Å². The van der Waals surface area contributed by atoms with Crippen molar-refractivity contribution in [3.05, 3.63) is 0 Å². The highest BCUT2D eigenvalue weighted by Gasteiger charge is 2.28. The van der Waals surface area contributed by atoms with Gasteiger partial charge in [-0.25, -0.2) is 0 Å². The van der Waals surface area contributed by atoms with Crippen LogP contribution in [-0.2, 0) is 4.57 Å². The van der Waals surface area contributed by atoms with Crippen molar-refractivity contribution in [3.63, 3.8) is 0 Å². The molecule has 0 aliphatic rings. The van der Waals surface area contributed by atoms with Crippen LogP contribution in [0.4, 0.5) is 0 Å². The van der Waals surface area contributed by atoms with E-state index >= 15 is 0 Å². The summed E-state index contributed by atoms with van der Waals surface area (Å²) in [5.41, 5.74) is 0.0396. The number of unbranched alkanes of at least 4 members (excludes halogenated alkanes) is 2. The average molecular weight is 248 g/mol. The van der Waals surface area contributed by atoms with Crippen molar-refractivity contribution in [2.45, 2.75) is 71.9 Å². The SMILES string of the molecule is CCCCCC(CC)P(=O)(O)CCC(C)C. The van der Waals surface area contributed by atoms with Gasteiger partial charge in [-0.3, -0.25) is 4.57 Å². The first-order chi connectivity index (χ1) is 7.44. The predicted molar refractivity (Wildman–Crippen MR) is 72.4 cm³/mol. The molecule has 0 aliphatic carbocycles.